The number of hydrogen-bond acceptors (Lipinski definition) is 4. The minimum Gasteiger partial charge on any atom is -0.481 e. The number of rotatable bonds is 4. The van der Waals surface area contributed by atoms with Crippen LogP contribution in [0.5, 0.6) is 0 Å². The first-order valence-corrected chi connectivity index (χ1v) is 8.38. The van der Waals surface area contributed by atoms with Gasteiger partial charge >= 0.3 is 5.97 Å². The Hall–Kier alpha value is -1.11. The first kappa shape index (κ1) is 14.3. The fourth-order valence-corrected chi connectivity index (χ4v) is 4.79. The lowest BCUT2D eigenvalue weighted by Gasteiger charge is -2.29. The van der Waals surface area contributed by atoms with Gasteiger partial charge in [-0.3, -0.25) is 9.59 Å². The summed E-state index contributed by atoms with van der Waals surface area (Å²) in [6.07, 6.45) is 3.37. The second kappa shape index (κ2) is 5.11. The zero-order valence-corrected chi connectivity index (χ0v) is 11.5. The molecular weight excluding hydrogens is 270 g/mol. The minimum atomic E-state index is -3.09. The summed E-state index contributed by atoms with van der Waals surface area (Å²) in [4.78, 5) is 23.0. The van der Waals surface area contributed by atoms with Gasteiger partial charge in [0.25, 0.3) is 0 Å². The molecule has 19 heavy (non-hydrogen) atoms. The monoisotopic (exact) mass is 289 g/mol. The summed E-state index contributed by atoms with van der Waals surface area (Å²) >= 11 is 0. The number of aliphatic carboxylic acids is 1. The molecule has 1 unspecified atom stereocenters. The van der Waals surface area contributed by atoms with Crippen molar-refractivity contribution >= 4 is 21.7 Å². The summed E-state index contributed by atoms with van der Waals surface area (Å²) < 4.78 is 22.7. The average Bonchev–Trinajstić information content (AvgIpc) is 2.84. The summed E-state index contributed by atoms with van der Waals surface area (Å²) in [5.74, 6) is -1.80. The van der Waals surface area contributed by atoms with Crippen LogP contribution < -0.4 is 5.32 Å². The molecule has 0 radical (unpaired) electrons. The maximum Gasteiger partial charge on any atom is 0.305 e. The highest BCUT2D eigenvalue weighted by atomic mass is 32.2. The van der Waals surface area contributed by atoms with E-state index in [0.717, 1.165) is 12.8 Å². The van der Waals surface area contributed by atoms with Crippen molar-refractivity contribution in [3.8, 4) is 0 Å². The van der Waals surface area contributed by atoms with Crippen molar-refractivity contribution in [2.24, 2.45) is 5.92 Å². The number of sulfone groups is 1. The summed E-state index contributed by atoms with van der Waals surface area (Å²) in [5, 5.41) is 11.8. The zero-order chi connectivity index (χ0) is 14.1. The Kier molecular flexibility index (Phi) is 3.85. The first-order chi connectivity index (χ1) is 8.82. The van der Waals surface area contributed by atoms with E-state index >= 15 is 0 Å². The fraction of sp³-hybridized carbons (Fsp3) is 0.833. The van der Waals surface area contributed by atoms with E-state index in [2.05, 4.69) is 5.32 Å². The van der Waals surface area contributed by atoms with Crippen molar-refractivity contribution in [1.29, 1.82) is 0 Å². The van der Waals surface area contributed by atoms with Gasteiger partial charge in [-0.2, -0.15) is 0 Å². The van der Waals surface area contributed by atoms with Gasteiger partial charge in [-0.15, -0.1) is 0 Å². The second-order valence-corrected chi connectivity index (χ2v) is 7.88. The molecule has 1 heterocycles. The third-order valence-electron chi connectivity index (χ3n) is 4.04. The zero-order valence-electron chi connectivity index (χ0n) is 10.7. The number of nitrogens with one attached hydrogen (secondary N) is 1. The lowest BCUT2D eigenvalue weighted by Crippen LogP contribution is -2.50. The molecule has 1 saturated heterocycles. The maximum atomic E-state index is 12.1. The van der Waals surface area contributed by atoms with Gasteiger partial charge in [-0.1, -0.05) is 12.8 Å². The van der Waals surface area contributed by atoms with Crippen molar-refractivity contribution < 1.29 is 23.1 Å². The van der Waals surface area contributed by atoms with Gasteiger partial charge in [0.15, 0.2) is 9.84 Å². The van der Waals surface area contributed by atoms with E-state index in [4.69, 9.17) is 5.11 Å². The highest BCUT2D eigenvalue weighted by Gasteiger charge is 2.41. The molecule has 7 heteroatoms. The molecule has 1 atom stereocenters. The van der Waals surface area contributed by atoms with Gasteiger partial charge in [-0.05, 0) is 19.3 Å². The van der Waals surface area contributed by atoms with Crippen LogP contribution in [-0.2, 0) is 19.4 Å². The predicted molar refractivity (Wildman–Crippen MR) is 68.4 cm³/mol. The molecule has 6 nitrogen and oxygen atoms in total. The Balaban J connectivity index is 2.02. The third kappa shape index (κ3) is 3.46. The van der Waals surface area contributed by atoms with E-state index in [1.165, 1.54) is 0 Å². The largest absolute Gasteiger partial charge is 0.481 e. The number of carboxylic acid groups (broad SMARTS) is 1. The van der Waals surface area contributed by atoms with E-state index < -0.39 is 27.3 Å². The number of carbonyl (C=O) groups is 2. The Morgan fingerprint density at radius 2 is 1.89 bits per heavy atom. The van der Waals surface area contributed by atoms with E-state index in [1.54, 1.807) is 0 Å². The van der Waals surface area contributed by atoms with E-state index in [9.17, 15) is 18.0 Å². The Labute approximate surface area is 112 Å². The van der Waals surface area contributed by atoms with Crippen LogP contribution in [0.15, 0.2) is 0 Å². The molecule has 2 rings (SSSR count). The van der Waals surface area contributed by atoms with Crippen molar-refractivity contribution in [2.45, 2.75) is 44.1 Å². The first-order valence-electron chi connectivity index (χ1n) is 6.56. The SMILES string of the molecule is O=C(O)CC1(NC(=O)C2CCS(=O)(=O)C2)CCCC1. The Morgan fingerprint density at radius 1 is 1.26 bits per heavy atom. The Bertz CT molecular complexity index is 478. The van der Waals surface area contributed by atoms with Crippen molar-refractivity contribution in [3.05, 3.63) is 0 Å². The third-order valence-corrected chi connectivity index (χ3v) is 5.81. The molecule has 1 amide bonds. The molecule has 0 aromatic rings. The summed E-state index contributed by atoms with van der Waals surface area (Å²) in [6.45, 7) is 0. The summed E-state index contributed by atoms with van der Waals surface area (Å²) in [7, 11) is -3.09. The van der Waals surface area contributed by atoms with Gasteiger partial charge in [0, 0.05) is 0 Å². The summed E-state index contributed by atoms with van der Waals surface area (Å²) in [5.41, 5.74) is -0.671. The lowest BCUT2D eigenvalue weighted by atomic mass is 9.92. The van der Waals surface area contributed by atoms with Crippen LogP contribution in [-0.4, -0.2) is 42.4 Å². The predicted octanol–water partition coefficient (Wildman–Crippen LogP) is 0.325. The van der Waals surface area contributed by atoms with Crippen LogP contribution in [0.1, 0.15) is 38.5 Å². The van der Waals surface area contributed by atoms with Gasteiger partial charge in [0.05, 0.1) is 29.4 Å². The molecule has 0 bridgehead atoms. The van der Waals surface area contributed by atoms with E-state index in [1.807, 2.05) is 0 Å². The number of hydrogen-bond donors (Lipinski definition) is 2. The molecular formula is C12H19NO5S. The molecule has 0 aromatic heterocycles. The number of carboxylic acids is 1. The highest BCUT2D eigenvalue weighted by Crippen LogP contribution is 2.33. The molecule has 2 aliphatic rings. The van der Waals surface area contributed by atoms with Crippen LogP contribution in [0.2, 0.25) is 0 Å². The molecule has 2 fully saturated rings. The normalized spacial score (nSPS) is 28.1. The minimum absolute atomic E-state index is 0.0526. The van der Waals surface area contributed by atoms with Crippen LogP contribution in [0.25, 0.3) is 0 Å². The quantitative estimate of drug-likeness (QED) is 0.776. The maximum absolute atomic E-state index is 12.1. The summed E-state index contributed by atoms with van der Waals surface area (Å²) in [6, 6.07) is 0. The van der Waals surface area contributed by atoms with Gasteiger partial charge in [0.2, 0.25) is 5.91 Å². The van der Waals surface area contributed by atoms with E-state index in [-0.39, 0.29) is 23.8 Å². The van der Waals surface area contributed by atoms with Crippen LogP contribution in [0.3, 0.4) is 0 Å². The van der Waals surface area contributed by atoms with E-state index in [0.29, 0.717) is 19.3 Å². The van der Waals surface area contributed by atoms with Gasteiger partial charge in [-0.25, -0.2) is 8.42 Å². The Morgan fingerprint density at radius 3 is 2.37 bits per heavy atom. The average molecular weight is 289 g/mol. The topological polar surface area (TPSA) is 101 Å². The number of amides is 1. The van der Waals surface area contributed by atoms with Crippen LogP contribution in [0.4, 0.5) is 0 Å². The molecule has 0 aromatic carbocycles. The molecule has 0 spiro atoms. The molecule has 1 saturated carbocycles. The van der Waals surface area contributed by atoms with Crippen molar-refractivity contribution in [1.82, 2.24) is 5.32 Å². The smallest absolute Gasteiger partial charge is 0.305 e. The molecule has 108 valence electrons. The van der Waals surface area contributed by atoms with Crippen molar-refractivity contribution in [3.63, 3.8) is 0 Å². The lowest BCUT2D eigenvalue weighted by molar-refractivity contribution is -0.139. The van der Waals surface area contributed by atoms with Crippen molar-refractivity contribution in [2.75, 3.05) is 11.5 Å². The standard InChI is InChI=1S/C12H19NO5S/c14-10(15)7-12(4-1-2-5-12)13-11(16)9-3-6-19(17,18)8-9/h9H,1-8H2,(H,13,16)(H,14,15). The highest BCUT2D eigenvalue weighted by molar-refractivity contribution is 7.91. The second-order valence-electron chi connectivity index (χ2n) is 5.65. The van der Waals surface area contributed by atoms with Crippen LogP contribution in [0, 0.1) is 5.92 Å². The number of carbonyl (C=O) groups excluding carboxylic acids is 1. The van der Waals surface area contributed by atoms with Gasteiger partial charge in [0.1, 0.15) is 0 Å². The molecule has 1 aliphatic heterocycles. The molecule has 2 N–H and O–H groups in total. The van der Waals surface area contributed by atoms with Gasteiger partial charge < -0.3 is 10.4 Å². The molecule has 1 aliphatic carbocycles. The van der Waals surface area contributed by atoms with Crippen LogP contribution >= 0.6 is 0 Å². The fourth-order valence-electron chi connectivity index (χ4n) is 3.05.